The smallest absolute Gasteiger partial charge is 0.319 e. The van der Waals surface area contributed by atoms with Crippen LogP contribution in [0, 0.1) is 5.41 Å². The van der Waals surface area contributed by atoms with Crippen LogP contribution in [0.25, 0.3) is 0 Å². The molecule has 1 saturated carbocycles. The minimum atomic E-state index is -0.0296. The summed E-state index contributed by atoms with van der Waals surface area (Å²) in [5, 5.41) is 2.88. The number of amides is 2. The third-order valence-corrected chi connectivity index (χ3v) is 5.80. The first-order chi connectivity index (χ1) is 10.6. The summed E-state index contributed by atoms with van der Waals surface area (Å²) in [6.07, 6.45) is 7.29. The van der Waals surface area contributed by atoms with Gasteiger partial charge in [0.05, 0.1) is 6.54 Å². The second kappa shape index (κ2) is 5.49. The van der Waals surface area contributed by atoms with Crippen LogP contribution in [-0.4, -0.2) is 47.0 Å². The Labute approximate surface area is 139 Å². The summed E-state index contributed by atoms with van der Waals surface area (Å²) in [4.78, 5) is 20.8. The monoisotopic (exact) mass is 364 g/mol. The van der Waals surface area contributed by atoms with Crippen molar-refractivity contribution in [2.24, 2.45) is 5.41 Å². The zero-order chi connectivity index (χ0) is 15.2. The number of hydrogen-bond acceptors (Lipinski definition) is 3. The molecule has 0 bridgehead atoms. The minimum absolute atomic E-state index is 0.0296. The molecule has 1 N–H and O–H groups in total. The molecule has 6 heteroatoms. The molecular weight excluding hydrogens is 344 g/mol. The summed E-state index contributed by atoms with van der Waals surface area (Å²) in [6.45, 7) is 4.79. The van der Waals surface area contributed by atoms with Gasteiger partial charge in [0.15, 0.2) is 0 Å². The highest BCUT2D eigenvalue weighted by atomic mass is 79.9. The summed E-state index contributed by atoms with van der Waals surface area (Å²) in [5.41, 5.74) is 1.79. The Balaban J connectivity index is 1.34. The lowest BCUT2D eigenvalue weighted by Gasteiger charge is -2.35. The van der Waals surface area contributed by atoms with Gasteiger partial charge in [0, 0.05) is 29.3 Å². The van der Waals surface area contributed by atoms with Gasteiger partial charge in [-0.2, -0.15) is 0 Å². The van der Waals surface area contributed by atoms with E-state index in [0.717, 1.165) is 28.5 Å². The van der Waals surface area contributed by atoms with E-state index >= 15 is 0 Å². The van der Waals surface area contributed by atoms with Crippen molar-refractivity contribution >= 4 is 27.8 Å². The van der Waals surface area contributed by atoms with Gasteiger partial charge in [-0.05, 0) is 66.2 Å². The zero-order valence-electron chi connectivity index (χ0n) is 12.6. The van der Waals surface area contributed by atoms with Crippen molar-refractivity contribution in [2.75, 3.05) is 31.5 Å². The van der Waals surface area contributed by atoms with E-state index in [4.69, 9.17) is 0 Å². The Hall–Kier alpha value is -1.14. The molecule has 3 aliphatic rings. The molecule has 1 spiro atoms. The van der Waals surface area contributed by atoms with Crippen LogP contribution in [0.3, 0.4) is 0 Å². The third kappa shape index (κ3) is 2.86. The molecule has 2 aliphatic heterocycles. The van der Waals surface area contributed by atoms with Crippen molar-refractivity contribution in [1.29, 1.82) is 0 Å². The minimum Gasteiger partial charge on any atom is -0.319 e. The summed E-state index contributed by atoms with van der Waals surface area (Å²) in [7, 11) is 0. The maximum Gasteiger partial charge on any atom is 0.323 e. The number of carbonyl (C=O) groups excluding carboxylic acids is 1. The van der Waals surface area contributed by atoms with Gasteiger partial charge in [-0.15, -0.1) is 0 Å². The lowest BCUT2D eigenvalue weighted by molar-refractivity contribution is 0.150. The van der Waals surface area contributed by atoms with Crippen LogP contribution in [0.15, 0.2) is 16.7 Å². The number of nitrogens with one attached hydrogen (secondary N) is 1. The third-order valence-electron chi connectivity index (χ3n) is 5.37. The van der Waals surface area contributed by atoms with Gasteiger partial charge in [-0.25, -0.2) is 9.78 Å². The van der Waals surface area contributed by atoms with E-state index in [1.807, 2.05) is 11.0 Å². The molecule has 118 valence electrons. The van der Waals surface area contributed by atoms with Gasteiger partial charge >= 0.3 is 6.03 Å². The maximum atomic E-state index is 12.2. The van der Waals surface area contributed by atoms with E-state index in [1.165, 1.54) is 38.8 Å². The number of pyridine rings is 1. The zero-order valence-corrected chi connectivity index (χ0v) is 14.2. The second-order valence-electron chi connectivity index (χ2n) is 6.85. The van der Waals surface area contributed by atoms with Crippen molar-refractivity contribution in [1.82, 2.24) is 14.8 Å². The van der Waals surface area contributed by atoms with Gasteiger partial charge in [0.25, 0.3) is 0 Å². The van der Waals surface area contributed by atoms with Crippen LogP contribution in [0.1, 0.15) is 31.2 Å². The fourth-order valence-electron chi connectivity index (χ4n) is 3.54. The van der Waals surface area contributed by atoms with Crippen LogP contribution in [-0.2, 0) is 6.54 Å². The first-order valence-electron chi connectivity index (χ1n) is 8.06. The predicted molar refractivity (Wildman–Crippen MR) is 88.7 cm³/mol. The molecule has 4 rings (SSSR count). The Kier molecular flexibility index (Phi) is 3.61. The van der Waals surface area contributed by atoms with Crippen LogP contribution in [0.5, 0.6) is 0 Å². The molecule has 1 aliphatic carbocycles. The van der Waals surface area contributed by atoms with Crippen molar-refractivity contribution in [3.63, 3.8) is 0 Å². The molecule has 22 heavy (non-hydrogen) atoms. The van der Waals surface area contributed by atoms with Crippen molar-refractivity contribution in [2.45, 2.75) is 32.2 Å². The summed E-state index contributed by atoms with van der Waals surface area (Å²) in [6, 6.07) is 2.00. The number of urea groups is 1. The summed E-state index contributed by atoms with van der Waals surface area (Å²) < 4.78 is 0.952. The highest BCUT2D eigenvalue weighted by Gasteiger charge is 2.44. The fraction of sp³-hybridized carbons (Fsp3) is 0.625. The highest BCUT2D eigenvalue weighted by Crippen LogP contribution is 2.53. The second-order valence-corrected chi connectivity index (χ2v) is 7.77. The van der Waals surface area contributed by atoms with Crippen molar-refractivity contribution in [3.8, 4) is 0 Å². The molecule has 1 aromatic heterocycles. The number of nitrogens with zero attached hydrogens (tertiary/aromatic N) is 3. The molecule has 1 aromatic rings. The van der Waals surface area contributed by atoms with Gasteiger partial charge < -0.3 is 9.80 Å². The van der Waals surface area contributed by atoms with Crippen LogP contribution in [0.2, 0.25) is 0 Å². The number of piperidine rings is 1. The molecule has 0 radical (unpaired) electrons. The lowest BCUT2D eigenvalue weighted by atomic mass is 9.94. The number of carbonyl (C=O) groups is 1. The van der Waals surface area contributed by atoms with Gasteiger partial charge in [-0.3, -0.25) is 5.32 Å². The number of rotatable bonds is 3. The number of halogens is 1. The van der Waals surface area contributed by atoms with E-state index < -0.39 is 0 Å². The largest absolute Gasteiger partial charge is 0.323 e. The number of anilines is 1. The van der Waals surface area contributed by atoms with E-state index in [1.54, 1.807) is 6.20 Å². The molecule has 1 saturated heterocycles. The average molecular weight is 365 g/mol. The lowest BCUT2D eigenvalue weighted by Crippen LogP contribution is -2.45. The number of fused-ring (bicyclic) bond motifs is 1. The molecule has 0 atom stereocenters. The van der Waals surface area contributed by atoms with Crippen LogP contribution in [0.4, 0.5) is 10.6 Å². The van der Waals surface area contributed by atoms with Gasteiger partial charge in [0.2, 0.25) is 0 Å². The number of aromatic nitrogens is 1. The van der Waals surface area contributed by atoms with E-state index in [-0.39, 0.29) is 6.03 Å². The normalized spacial score (nSPS) is 23.3. The number of likely N-dealkylation sites (tertiary alicyclic amines) is 1. The molecule has 5 nitrogen and oxygen atoms in total. The molecule has 2 fully saturated rings. The average Bonchev–Trinajstić information content (AvgIpc) is 3.27. The Morgan fingerprint density at radius 3 is 2.73 bits per heavy atom. The number of hydrogen-bond donors (Lipinski definition) is 1. The topological polar surface area (TPSA) is 48.5 Å². The van der Waals surface area contributed by atoms with Crippen molar-refractivity contribution in [3.05, 3.63) is 22.3 Å². The molecular formula is C16H21BrN4O. The first-order valence-corrected chi connectivity index (χ1v) is 8.86. The first kappa shape index (κ1) is 14.5. The Morgan fingerprint density at radius 1 is 1.23 bits per heavy atom. The predicted octanol–water partition coefficient (Wildman–Crippen LogP) is 3.07. The SMILES string of the molecule is O=C1Nc2ncc(Br)cc2CN1CCN1CCC2(CC1)CC2. The van der Waals surface area contributed by atoms with Gasteiger partial charge in [-0.1, -0.05) is 0 Å². The van der Waals surface area contributed by atoms with Crippen LogP contribution >= 0.6 is 15.9 Å². The molecule has 2 amide bonds. The van der Waals surface area contributed by atoms with E-state index in [2.05, 4.69) is 31.1 Å². The maximum absolute atomic E-state index is 12.2. The Morgan fingerprint density at radius 2 is 2.00 bits per heavy atom. The standard InChI is InChI=1S/C16H21BrN4O/c17-13-9-12-11-21(15(22)19-14(12)18-10-13)8-7-20-5-3-16(1-2-16)4-6-20/h9-10H,1-8,11H2,(H,18,19,22). The van der Waals surface area contributed by atoms with E-state index in [0.29, 0.717) is 12.4 Å². The van der Waals surface area contributed by atoms with Gasteiger partial charge in [0.1, 0.15) is 5.82 Å². The highest BCUT2D eigenvalue weighted by molar-refractivity contribution is 9.10. The summed E-state index contributed by atoms with van der Waals surface area (Å²) in [5.74, 6) is 0.693. The van der Waals surface area contributed by atoms with Crippen molar-refractivity contribution < 1.29 is 4.79 Å². The van der Waals surface area contributed by atoms with Crippen LogP contribution < -0.4 is 5.32 Å². The quantitative estimate of drug-likeness (QED) is 0.896. The fourth-order valence-corrected chi connectivity index (χ4v) is 3.92. The molecule has 3 heterocycles. The molecule has 0 unspecified atom stereocenters. The van der Waals surface area contributed by atoms with E-state index in [9.17, 15) is 4.79 Å². The molecule has 0 aromatic carbocycles. The Bertz CT molecular complexity index is 592. The summed E-state index contributed by atoms with van der Waals surface area (Å²) >= 11 is 3.44.